The van der Waals surface area contributed by atoms with Crippen molar-refractivity contribution in [2.24, 2.45) is 0 Å². The molecule has 6 heteroatoms. The molecule has 2 fully saturated rings. The Morgan fingerprint density at radius 2 is 2.00 bits per heavy atom. The number of nitrogens with zero attached hydrogens (tertiary/aromatic N) is 4. The molecule has 1 aliphatic carbocycles. The van der Waals surface area contributed by atoms with Crippen molar-refractivity contribution in [2.75, 3.05) is 39.5 Å². The molecule has 3 rings (SSSR count). The van der Waals surface area contributed by atoms with Crippen LogP contribution in [0.2, 0.25) is 0 Å². The maximum Gasteiger partial charge on any atom is 0.154 e. The number of aryl methyl sites for hydroxylation is 1. The summed E-state index contributed by atoms with van der Waals surface area (Å²) in [7, 11) is 0. The van der Waals surface area contributed by atoms with Crippen molar-refractivity contribution in [1.29, 1.82) is 0 Å². The van der Waals surface area contributed by atoms with Gasteiger partial charge in [0.05, 0.1) is 26.4 Å². The molecule has 0 unspecified atom stereocenters. The Morgan fingerprint density at radius 3 is 2.70 bits per heavy atom. The van der Waals surface area contributed by atoms with Crippen molar-refractivity contribution >= 4 is 0 Å². The highest BCUT2D eigenvalue weighted by molar-refractivity contribution is 5.06. The molecule has 1 saturated carbocycles. The molecule has 1 aliphatic heterocycles. The zero-order valence-corrected chi connectivity index (χ0v) is 12.0. The predicted octanol–water partition coefficient (Wildman–Crippen LogP) is 0.413. The van der Waals surface area contributed by atoms with Crippen molar-refractivity contribution in [3.05, 3.63) is 11.6 Å². The Balaban J connectivity index is 1.52. The lowest BCUT2D eigenvalue weighted by Gasteiger charge is -2.26. The van der Waals surface area contributed by atoms with Gasteiger partial charge in [-0.2, -0.15) is 5.10 Å². The van der Waals surface area contributed by atoms with Crippen LogP contribution in [0.15, 0.2) is 0 Å². The quantitative estimate of drug-likeness (QED) is 0.784. The first kappa shape index (κ1) is 14.0. The SMILES string of the molecule is OCCn1nc(C2CC2)nc1CCCN1CCOCC1. The van der Waals surface area contributed by atoms with Crippen LogP contribution in [0, 0.1) is 0 Å². The van der Waals surface area contributed by atoms with Crippen LogP contribution in [0.25, 0.3) is 0 Å². The molecule has 1 N–H and O–H groups in total. The van der Waals surface area contributed by atoms with Crippen LogP contribution < -0.4 is 0 Å². The molecule has 2 aliphatic rings. The Bertz CT molecular complexity index is 425. The van der Waals surface area contributed by atoms with E-state index in [4.69, 9.17) is 9.84 Å². The summed E-state index contributed by atoms with van der Waals surface area (Å²) >= 11 is 0. The summed E-state index contributed by atoms with van der Waals surface area (Å²) in [6.45, 7) is 5.57. The first-order chi connectivity index (χ1) is 9.86. The van der Waals surface area contributed by atoms with Crippen LogP contribution in [-0.4, -0.2) is 64.2 Å². The molecular formula is C14H24N4O2. The van der Waals surface area contributed by atoms with Gasteiger partial charge >= 0.3 is 0 Å². The fraction of sp³-hybridized carbons (Fsp3) is 0.857. The van der Waals surface area contributed by atoms with E-state index in [0.717, 1.165) is 57.3 Å². The van der Waals surface area contributed by atoms with Crippen molar-refractivity contribution in [3.8, 4) is 0 Å². The molecule has 20 heavy (non-hydrogen) atoms. The average molecular weight is 280 g/mol. The third-order valence-corrected chi connectivity index (χ3v) is 4.00. The van der Waals surface area contributed by atoms with Gasteiger partial charge in [-0.05, 0) is 25.8 Å². The van der Waals surface area contributed by atoms with Gasteiger partial charge in [-0.25, -0.2) is 9.67 Å². The van der Waals surface area contributed by atoms with E-state index in [1.54, 1.807) is 0 Å². The predicted molar refractivity (Wildman–Crippen MR) is 74.7 cm³/mol. The molecule has 112 valence electrons. The minimum atomic E-state index is 0.129. The summed E-state index contributed by atoms with van der Waals surface area (Å²) in [6.07, 6.45) is 4.47. The van der Waals surface area contributed by atoms with Crippen molar-refractivity contribution < 1.29 is 9.84 Å². The van der Waals surface area contributed by atoms with E-state index >= 15 is 0 Å². The number of ether oxygens (including phenoxy) is 1. The second kappa shape index (κ2) is 6.65. The van der Waals surface area contributed by atoms with Crippen molar-refractivity contribution in [3.63, 3.8) is 0 Å². The van der Waals surface area contributed by atoms with Crippen LogP contribution in [0.1, 0.15) is 36.8 Å². The normalized spacial score (nSPS) is 20.4. The largest absolute Gasteiger partial charge is 0.394 e. The lowest BCUT2D eigenvalue weighted by atomic mass is 10.2. The standard InChI is InChI=1S/C14H24N4O2/c19-9-6-18-13(15-14(16-18)12-3-4-12)2-1-5-17-7-10-20-11-8-17/h12,19H,1-11H2. The van der Waals surface area contributed by atoms with Gasteiger partial charge in [0, 0.05) is 25.4 Å². The number of hydrogen-bond acceptors (Lipinski definition) is 5. The first-order valence-corrected chi connectivity index (χ1v) is 7.71. The van der Waals surface area contributed by atoms with E-state index in [9.17, 15) is 0 Å². The highest BCUT2D eigenvalue weighted by Gasteiger charge is 2.28. The molecule has 1 aromatic rings. The van der Waals surface area contributed by atoms with Gasteiger partial charge in [-0.15, -0.1) is 0 Å². The highest BCUT2D eigenvalue weighted by Crippen LogP contribution is 2.38. The van der Waals surface area contributed by atoms with E-state index in [1.807, 2.05) is 4.68 Å². The summed E-state index contributed by atoms with van der Waals surface area (Å²) in [4.78, 5) is 7.11. The summed E-state index contributed by atoms with van der Waals surface area (Å²) in [5.74, 6) is 2.60. The van der Waals surface area contributed by atoms with Crippen molar-refractivity contribution in [1.82, 2.24) is 19.7 Å². The molecule has 0 aromatic carbocycles. The van der Waals surface area contributed by atoms with Gasteiger partial charge < -0.3 is 9.84 Å². The molecular weight excluding hydrogens is 256 g/mol. The molecule has 0 spiro atoms. The lowest BCUT2D eigenvalue weighted by molar-refractivity contribution is 0.0374. The van der Waals surface area contributed by atoms with Gasteiger partial charge in [-0.1, -0.05) is 0 Å². The third kappa shape index (κ3) is 3.56. The monoisotopic (exact) mass is 280 g/mol. The second-order valence-corrected chi connectivity index (χ2v) is 5.66. The summed E-state index contributed by atoms with van der Waals surface area (Å²) in [5, 5.41) is 13.7. The Kier molecular flexibility index (Phi) is 4.65. The van der Waals surface area contributed by atoms with Gasteiger partial charge in [0.1, 0.15) is 5.82 Å². The number of rotatable bonds is 7. The maximum absolute atomic E-state index is 9.13. The molecule has 0 amide bonds. The minimum absolute atomic E-state index is 0.129. The summed E-state index contributed by atoms with van der Waals surface area (Å²) in [6, 6.07) is 0. The Hall–Kier alpha value is -0.980. The van der Waals surface area contributed by atoms with Crippen LogP contribution in [-0.2, 0) is 17.7 Å². The Labute approximate surface area is 119 Å². The summed E-state index contributed by atoms with van der Waals surface area (Å²) in [5.41, 5.74) is 0. The number of hydrogen-bond donors (Lipinski definition) is 1. The minimum Gasteiger partial charge on any atom is -0.394 e. The molecule has 1 aromatic heterocycles. The van der Waals surface area contributed by atoms with Gasteiger partial charge in [0.15, 0.2) is 5.82 Å². The number of aliphatic hydroxyl groups is 1. The number of aromatic nitrogens is 3. The fourth-order valence-electron chi connectivity index (χ4n) is 2.65. The van der Waals surface area contributed by atoms with Crippen LogP contribution >= 0.6 is 0 Å². The van der Waals surface area contributed by atoms with E-state index in [1.165, 1.54) is 12.8 Å². The van der Waals surface area contributed by atoms with E-state index in [0.29, 0.717) is 12.5 Å². The molecule has 6 nitrogen and oxygen atoms in total. The van der Waals surface area contributed by atoms with Gasteiger partial charge in [-0.3, -0.25) is 4.90 Å². The molecule has 0 radical (unpaired) electrons. The highest BCUT2D eigenvalue weighted by atomic mass is 16.5. The van der Waals surface area contributed by atoms with Gasteiger partial charge in [0.2, 0.25) is 0 Å². The Morgan fingerprint density at radius 1 is 1.20 bits per heavy atom. The third-order valence-electron chi connectivity index (χ3n) is 4.00. The number of morpholine rings is 1. The van der Waals surface area contributed by atoms with Gasteiger partial charge in [0.25, 0.3) is 0 Å². The molecule has 2 heterocycles. The molecule has 1 saturated heterocycles. The molecule has 0 bridgehead atoms. The lowest BCUT2D eigenvalue weighted by Crippen LogP contribution is -2.37. The zero-order valence-electron chi connectivity index (χ0n) is 12.0. The number of aliphatic hydroxyl groups excluding tert-OH is 1. The van der Waals surface area contributed by atoms with Crippen LogP contribution in [0.5, 0.6) is 0 Å². The molecule has 0 atom stereocenters. The second-order valence-electron chi connectivity index (χ2n) is 5.66. The average Bonchev–Trinajstić information content (AvgIpc) is 3.24. The van der Waals surface area contributed by atoms with E-state index in [-0.39, 0.29) is 6.61 Å². The summed E-state index contributed by atoms with van der Waals surface area (Å²) < 4.78 is 7.25. The smallest absolute Gasteiger partial charge is 0.154 e. The topological polar surface area (TPSA) is 63.4 Å². The zero-order chi connectivity index (χ0) is 13.8. The van der Waals surface area contributed by atoms with E-state index < -0.39 is 0 Å². The van der Waals surface area contributed by atoms with E-state index in [2.05, 4.69) is 15.0 Å². The first-order valence-electron chi connectivity index (χ1n) is 7.71. The van der Waals surface area contributed by atoms with Crippen molar-refractivity contribution in [2.45, 2.75) is 38.1 Å². The van der Waals surface area contributed by atoms with Crippen LogP contribution in [0.3, 0.4) is 0 Å². The van der Waals surface area contributed by atoms with Crippen LogP contribution in [0.4, 0.5) is 0 Å². The fourth-order valence-corrected chi connectivity index (χ4v) is 2.65. The maximum atomic E-state index is 9.13.